The monoisotopic (exact) mass is 1050 g/mol. The van der Waals surface area contributed by atoms with Gasteiger partial charge in [-0.25, -0.2) is 4.79 Å². The zero-order valence-corrected chi connectivity index (χ0v) is 45.7. The fraction of sp³-hybridized carbons (Fsp3) is 0.891. The van der Waals surface area contributed by atoms with Gasteiger partial charge in [-0.2, -0.15) is 0 Å². The molecule has 0 saturated carbocycles. The van der Waals surface area contributed by atoms with Gasteiger partial charge in [-0.1, -0.05) is 39.0 Å². The number of methoxy groups -OCH3 is 3. The van der Waals surface area contributed by atoms with E-state index in [1.54, 1.807) is 20.3 Å². The molecule has 0 unspecified atom stereocenters. The highest BCUT2D eigenvalue weighted by Gasteiger charge is 2.62. The average molecular weight is 1050 g/mol. The van der Waals surface area contributed by atoms with Crippen molar-refractivity contribution in [3.63, 3.8) is 0 Å². The maximum Gasteiger partial charge on any atom is 0.508 e. The lowest BCUT2D eigenvalue weighted by Crippen LogP contribution is -2.61. The first-order valence-corrected chi connectivity index (χ1v) is 27.9. The minimum atomic E-state index is -1.15. The zero-order chi connectivity index (χ0) is 51.9. The number of halogens is 1. The molecule has 0 aliphatic carbocycles. The fourth-order valence-electron chi connectivity index (χ4n) is 13.4. The summed E-state index contributed by atoms with van der Waals surface area (Å²) in [5.74, 6) is -5.29. The van der Waals surface area contributed by atoms with Gasteiger partial charge in [0.05, 0.1) is 73.8 Å². The molecule has 8 saturated heterocycles. The summed E-state index contributed by atoms with van der Waals surface area (Å²) in [6.07, 6.45) is 12.2. The molecule has 73 heavy (non-hydrogen) atoms. The number of ether oxygens (including phenoxy) is 15. The Bertz CT molecular complexity index is 1950. The number of rotatable bonds is 6. The lowest BCUT2D eigenvalue weighted by atomic mass is 9.82. The van der Waals surface area contributed by atoms with Crippen molar-refractivity contribution in [1.29, 1.82) is 0 Å². The summed E-state index contributed by atoms with van der Waals surface area (Å²) < 4.78 is 97.8. The van der Waals surface area contributed by atoms with Crippen LogP contribution < -0.4 is 0 Å². The highest BCUT2D eigenvalue weighted by Crippen LogP contribution is 2.54. The molecule has 0 aromatic heterocycles. The summed E-state index contributed by atoms with van der Waals surface area (Å²) >= 11 is 7.32. The van der Waals surface area contributed by atoms with E-state index in [-0.39, 0.29) is 85.6 Å². The first kappa shape index (κ1) is 55.8. The van der Waals surface area contributed by atoms with Crippen molar-refractivity contribution >= 4 is 23.7 Å². The van der Waals surface area contributed by atoms with Gasteiger partial charge in [0.25, 0.3) is 0 Å². The van der Waals surface area contributed by atoms with Crippen molar-refractivity contribution in [2.75, 3.05) is 27.9 Å². The topological polar surface area (TPSA) is 173 Å². The molecule has 18 heteroatoms. The molecule has 414 valence electrons. The lowest BCUT2D eigenvalue weighted by molar-refractivity contribution is -0.413. The van der Waals surface area contributed by atoms with Gasteiger partial charge in [-0.15, -0.1) is 11.6 Å². The second-order valence-corrected chi connectivity index (χ2v) is 24.0. The van der Waals surface area contributed by atoms with Crippen LogP contribution in [-0.2, 0) is 75.8 Å². The second-order valence-electron chi connectivity index (χ2n) is 23.5. The molecule has 9 aliphatic rings. The predicted octanol–water partition coefficient (Wildman–Crippen LogP) is 9.12. The van der Waals surface area contributed by atoms with Gasteiger partial charge < -0.3 is 71.1 Å². The van der Waals surface area contributed by atoms with Crippen LogP contribution in [0.15, 0.2) is 24.3 Å². The van der Waals surface area contributed by atoms with E-state index in [2.05, 4.69) is 37.7 Å². The predicted molar refractivity (Wildman–Crippen MR) is 264 cm³/mol. The fourth-order valence-corrected chi connectivity index (χ4v) is 13.7. The van der Waals surface area contributed by atoms with Gasteiger partial charge in [0.15, 0.2) is 28.9 Å². The van der Waals surface area contributed by atoms with Crippen LogP contribution >= 0.6 is 11.6 Å². The van der Waals surface area contributed by atoms with Gasteiger partial charge in [0.1, 0.15) is 31.0 Å². The molecule has 3 spiro atoms. The van der Waals surface area contributed by atoms with Crippen molar-refractivity contribution in [2.24, 2.45) is 17.8 Å². The van der Waals surface area contributed by atoms with E-state index in [1.807, 2.05) is 33.8 Å². The normalized spacial score (nSPS) is 47.1. The van der Waals surface area contributed by atoms with Crippen LogP contribution in [0.4, 0.5) is 4.79 Å². The zero-order valence-electron chi connectivity index (χ0n) is 45.0. The molecule has 17 nitrogen and oxygen atoms in total. The number of alkyl halides is 1. The SMILES string of the molecule is COC(=O)OC/C=C/C[C@@H]1O[C@@]23C[C@@H]1OC(=O)C[C@H]1CCC[C@@H](C[C@@H]4C[C@@H](C[C@H]5O[C@]6(C=C[C@@H]5C)CC[C@H](OC)[C@H](O6)[C@H]5OC(C)(C)O[C@H]5[C@@H](C)CC[C@H]5O[C@@](CC[C@@H]2C)(C[C@@H](OC)[C@@H]5Cl)O3)OC(C)(C)O4)O1. The molecular formula is C55H85ClO17. The number of carbonyl (C=O) groups is 2. The first-order chi connectivity index (χ1) is 34.7. The summed E-state index contributed by atoms with van der Waals surface area (Å²) in [5.41, 5.74) is 0. The van der Waals surface area contributed by atoms with E-state index in [1.165, 1.54) is 7.11 Å². The highest BCUT2D eigenvalue weighted by molar-refractivity contribution is 6.21. The smallest absolute Gasteiger partial charge is 0.459 e. The van der Waals surface area contributed by atoms with E-state index < -0.39 is 71.0 Å². The Balaban J connectivity index is 1.01. The first-order valence-electron chi connectivity index (χ1n) is 27.4. The Kier molecular flexibility index (Phi) is 17.4. The molecule has 0 amide bonds. The molecule has 9 heterocycles. The Hall–Kier alpha value is -1.97. The van der Waals surface area contributed by atoms with Crippen LogP contribution in [0.25, 0.3) is 0 Å². The Morgan fingerprint density at radius 3 is 2.21 bits per heavy atom. The summed E-state index contributed by atoms with van der Waals surface area (Å²) in [6, 6.07) is 0. The Morgan fingerprint density at radius 1 is 0.712 bits per heavy atom. The van der Waals surface area contributed by atoms with Crippen molar-refractivity contribution < 1.29 is 80.6 Å². The maximum atomic E-state index is 14.1. The van der Waals surface area contributed by atoms with Gasteiger partial charge in [-0.05, 0) is 91.1 Å². The minimum absolute atomic E-state index is 0.0147. The van der Waals surface area contributed by atoms with Gasteiger partial charge in [0, 0.05) is 71.0 Å². The molecule has 9 rings (SSSR count). The van der Waals surface area contributed by atoms with E-state index in [0.29, 0.717) is 70.6 Å². The number of carbonyl (C=O) groups excluding carboxylic acids is 2. The minimum Gasteiger partial charge on any atom is -0.459 e. The quantitative estimate of drug-likeness (QED) is 0.140. The van der Waals surface area contributed by atoms with E-state index in [4.69, 9.17) is 77.9 Å². The van der Waals surface area contributed by atoms with Crippen LogP contribution in [-0.4, -0.2) is 154 Å². The molecule has 0 radical (unpaired) electrons. The van der Waals surface area contributed by atoms with E-state index >= 15 is 0 Å². The highest BCUT2D eigenvalue weighted by atomic mass is 35.5. The van der Waals surface area contributed by atoms with Gasteiger partial charge in [0.2, 0.25) is 0 Å². The molecule has 11 bridgehead atoms. The van der Waals surface area contributed by atoms with Crippen LogP contribution in [0.1, 0.15) is 151 Å². The summed E-state index contributed by atoms with van der Waals surface area (Å²) in [4.78, 5) is 25.8. The lowest BCUT2D eigenvalue weighted by Gasteiger charge is -2.54. The van der Waals surface area contributed by atoms with Crippen molar-refractivity contribution in [1.82, 2.24) is 0 Å². The standard InChI is InChI=1S/C55H85ClO17/c1-32-19-22-53-24-21-41(59-8)48(72-53)49-47(70-52(6,7)71-49)33(2)17-18-40-46(56)44(60-9)30-54(67-40)23-20-34(3)55(73-54)31-43(39(69-55)16-11-12-25-62-50(58)61-10)64-45(57)29-36-15-13-14-35(63-36)26-37-27-38(28-42(32)68-53)66-51(4,5)65-37/h11-12,19,22,32-44,46-49H,13-18,20-21,23-31H2,1-10H3/b12-11+/t32-,33-,34-,35-,36+,37+,38-,39-,40+,41-,42+,43-,44+,46+,47-,48-,49-,53-,54+,55+/m0/s1. The van der Waals surface area contributed by atoms with Crippen molar-refractivity contribution in [3.05, 3.63) is 24.3 Å². The van der Waals surface area contributed by atoms with Crippen LogP contribution in [0.5, 0.6) is 0 Å². The molecule has 8 fully saturated rings. The molecule has 0 aromatic carbocycles. The van der Waals surface area contributed by atoms with E-state index in [0.717, 1.165) is 25.7 Å². The molecular weight excluding hydrogens is 968 g/mol. The third-order valence-electron chi connectivity index (χ3n) is 17.1. The number of fused-ring (bicyclic) bond motifs is 10. The number of hydrogen-bond acceptors (Lipinski definition) is 17. The Labute approximate surface area is 437 Å². The third-order valence-corrected chi connectivity index (χ3v) is 17.7. The number of esters is 1. The van der Waals surface area contributed by atoms with Gasteiger partial charge >= 0.3 is 12.1 Å². The van der Waals surface area contributed by atoms with E-state index in [9.17, 15) is 9.59 Å². The van der Waals surface area contributed by atoms with Crippen LogP contribution in [0.2, 0.25) is 0 Å². The average Bonchev–Trinajstić information content (AvgIpc) is 3.85. The second kappa shape index (κ2) is 22.8. The summed E-state index contributed by atoms with van der Waals surface area (Å²) in [7, 11) is 4.68. The van der Waals surface area contributed by atoms with Crippen LogP contribution in [0.3, 0.4) is 0 Å². The number of hydrogen-bond donors (Lipinski definition) is 0. The van der Waals surface area contributed by atoms with Crippen LogP contribution in [0, 0.1) is 17.8 Å². The molecule has 20 atom stereocenters. The molecule has 9 aliphatic heterocycles. The largest absolute Gasteiger partial charge is 0.508 e. The maximum absolute atomic E-state index is 14.1. The molecule has 0 N–H and O–H groups in total. The third kappa shape index (κ3) is 12.8. The van der Waals surface area contributed by atoms with Crippen molar-refractivity contribution in [2.45, 2.75) is 265 Å². The summed E-state index contributed by atoms with van der Waals surface area (Å²) in [6.45, 7) is 14.4. The van der Waals surface area contributed by atoms with Gasteiger partial charge in [-0.3, -0.25) is 4.79 Å². The molecule has 0 aromatic rings. The Morgan fingerprint density at radius 2 is 1.44 bits per heavy atom. The van der Waals surface area contributed by atoms with Crippen molar-refractivity contribution in [3.8, 4) is 0 Å². The summed E-state index contributed by atoms with van der Waals surface area (Å²) in [5, 5.41) is -0.464.